The summed E-state index contributed by atoms with van der Waals surface area (Å²) < 4.78 is 10.4. The third-order valence-corrected chi connectivity index (χ3v) is 3.15. The number of halogens is 1. The normalized spacial score (nSPS) is 10.0. The molecule has 0 radical (unpaired) electrons. The molecule has 1 heterocycles. The molecule has 2 rings (SSSR count). The van der Waals surface area contributed by atoms with Gasteiger partial charge >= 0.3 is 0 Å². The Morgan fingerprint density at radius 1 is 1.19 bits per heavy atom. The molecule has 0 bridgehead atoms. The lowest BCUT2D eigenvalue weighted by molar-refractivity contribution is 0.396. The van der Waals surface area contributed by atoms with Crippen LogP contribution in [0.3, 0.4) is 0 Å². The molecule has 2 aromatic rings. The molecule has 0 atom stereocenters. The van der Waals surface area contributed by atoms with Gasteiger partial charge in [-0.2, -0.15) is 0 Å². The minimum Gasteiger partial charge on any atom is -0.495 e. The first-order chi connectivity index (χ1) is 10.1. The molecule has 110 valence electrons. The summed E-state index contributed by atoms with van der Waals surface area (Å²) in [5.41, 5.74) is 6.61. The van der Waals surface area contributed by atoms with E-state index in [9.17, 15) is 0 Å². The van der Waals surface area contributed by atoms with Gasteiger partial charge in [0.2, 0.25) is 0 Å². The van der Waals surface area contributed by atoms with E-state index in [0.717, 1.165) is 0 Å². The number of aromatic nitrogens is 2. The van der Waals surface area contributed by atoms with Crippen molar-refractivity contribution in [1.82, 2.24) is 9.97 Å². The van der Waals surface area contributed by atoms with Crippen molar-refractivity contribution in [3.8, 4) is 11.5 Å². The molecule has 0 amide bonds. The quantitative estimate of drug-likeness (QED) is 0.818. The minimum atomic E-state index is 0.143. The molecule has 0 fully saturated rings. The van der Waals surface area contributed by atoms with Gasteiger partial charge in [-0.3, -0.25) is 0 Å². The number of ether oxygens (including phenoxy) is 2. The number of anilines is 2. The zero-order valence-electron chi connectivity index (χ0n) is 11.4. The second-order valence-corrected chi connectivity index (χ2v) is 4.78. The molecule has 21 heavy (non-hydrogen) atoms. The summed E-state index contributed by atoms with van der Waals surface area (Å²) in [5.74, 6) is 1.47. The Labute approximate surface area is 132 Å². The number of hydrogen-bond acceptors (Lipinski definition) is 6. The summed E-state index contributed by atoms with van der Waals surface area (Å²) >= 11 is 11.1. The van der Waals surface area contributed by atoms with Gasteiger partial charge in [0.05, 0.1) is 24.9 Å². The first kappa shape index (κ1) is 15.3. The number of benzene rings is 1. The Balaban J connectivity index is 2.44. The number of nitrogens with two attached hydrogens (primary N) is 1. The van der Waals surface area contributed by atoms with Crippen molar-refractivity contribution in [1.29, 1.82) is 0 Å². The van der Waals surface area contributed by atoms with Crippen LogP contribution in [0.4, 0.5) is 11.5 Å². The number of rotatable bonds is 5. The highest BCUT2D eigenvalue weighted by Gasteiger charge is 2.13. The minimum absolute atomic E-state index is 0.143. The highest BCUT2D eigenvalue weighted by molar-refractivity contribution is 7.80. The van der Waals surface area contributed by atoms with Crippen LogP contribution in [0.1, 0.15) is 5.69 Å². The molecule has 1 aromatic carbocycles. The Hall–Kier alpha value is -2.12. The number of methoxy groups -OCH3 is 2. The van der Waals surface area contributed by atoms with Crippen LogP contribution in [0, 0.1) is 0 Å². The Bertz CT molecular complexity index is 681. The number of nitrogens with one attached hydrogen (secondary N) is 1. The van der Waals surface area contributed by atoms with E-state index < -0.39 is 0 Å². The standard InChI is InChI=1S/C13H13ClN4O2S/c1-19-9-6-10(20-2)8(5-7(9)14)18-13-11(12(15)21)16-3-4-17-13/h3-6H,1-2H3,(H2,15,21)(H,17,18). The molecule has 0 aliphatic heterocycles. The van der Waals surface area contributed by atoms with Gasteiger partial charge in [0.1, 0.15) is 22.2 Å². The molecule has 0 unspecified atom stereocenters. The maximum Gasteiger partial charge on any atom is 0.159 e. The second-order valence-electron chi connectivity index (χ2n) is 3.93. The van der Waals surface area contributed by atoms with E-state index >= 15 is 0 Å². The van der Waals surface area contributed by atoms with E-state index in [2.05, 4.69) is 15.3 Å². The SMILES string of the molecule is COc1cc(OC)c(Nc2nccnc2C(N)=S)cc1Cl. The maximum absolute atomic E-state index is 6.12. The van der Waals surface area contributed by atoms with Crippen molar-refractivity contribution >= 4 is 40.3 Å². The predicted molar refractivity (Wildman–Crippen MR) is 85.8 cm³/mol. The van der Waals surface area contributed by atoms with Crippen molar-refractivity contribution in [2.24, 2.45) is 5.73 Å². The Morgan fingerprint density at radius 3 is 2.48 bits per heavy atom. The average Bonchev–Trinajstić information content (AvgIpc) is 2.48. The van der Waals surface area contributed by atoms with E-state index in [0.29, 0.717) is 33.7 Å². The van der Waals surface area contributed by atoms with Crippen molar-refractivity contribution in [2.45, 2.75) is 0 Å². The average molecular weight is 325 g/mol. The van der Waals surface area contributed by atoms with Crippen LogP contribution < -0.4 is 20.5 Å². The van der Waals surface area contributed by atoms with Gasteiger partial charge < -0.3 is 20.5 Å². The van der Waals surface area contributed by atoms with Crippen LogP contribution in [0.5, 0.6) is 11.5 Å². The van der Waals surface area contributed by atoms with Gasteiger partial charge in [-0.1, -0.05) is 23.8 Å². The van der Waals surface area contributed by atoms with Crippen LogP contribution in [-0.4, -0.2) is 29.2 Å². The molecule has 3 N–H and O–H groups in total. The molecule has 0 saturated carbocycles. The van der Waals surface area contributed by atoms with Gasteiger partial charge in [0.25, 0.3) is 0 Å². The number of hydrogen-bond donors (Lipinski definition) is 2. The van der Waals surface area contributed by atoms with Crippen molar-refractivity contribution < 1.29 is 9.47 Å². The van der Waals surface area contributed by atoms with Crippen LogP contribution >= 0.6 is 23.8 Å². The first-order valence-electron chi connectivity index (χ1n) is 5.86. The molecular formula is C13H13ClN4O2S. The summed E-state index contributed by atoms with van der Waals surface area (Å²) in [4.78, 5) is 8.41. The van der Waals surface area contributed by atoms with Crippen molar-refractivity contribution in [3.63, 3.8) is 0 Å². The summed E-state index contributed by atoms with van der Waals surface area (Å²) in [6, 6.07) is 3.33. The fraction of sp³-hybridized carbons (Fsp3) is 0.154. The smallest absolute Gasteiger partial charge is 0.159 e. The Morgan fingerprint density at radius 2 is 1.86 bits per heavy atom. The molecule has 8 heteroatoms. The largest absolute Gasteiger partial charge is 0.495 e. The first-order valence-corrected chi connectivity index (χ1v) is 6.64. The van der Waals surface area contributed by atoms with Crippen LogP contribution in [-0.2, 0) is 0 Å². The molecular weight excluding hydrogens is 312 g/mol. The van der Waals surface area contributed by atoms with Crippen LogP contribution in [0.25, 0.3) is 0 Å². The van der Waals surface area contributed by atoms with E-state index in [4.69, 9.17) is 39.0 Å². The van der Waals surface area contributed by atoms with E-state index in [1.165, 1.54) is 19.5 Å². The zero-order chi connectivity index (χ0) is 15.4. The maximum atomic E-state index is 6.12. The third-order valence-electron chi connectivity index (χ3n) is 2.66. The molecule has 0 spiro atoms. The molecule has 0 saturated heterocycles. The van der Waals surface area contributed by atoms with E-state index in [1.54, 1.807) is 19.2 Å². The fourth-order valence-corrected chi connectivity index (χ4v) is 2.09. The van der Waals surface area contributed by atoms with Gasteiger partial charge in [-0.15, -0.1) is 0 Å². The molecule has 0 aliphatic carbocycles. The monoisotopic (exact) mass is 324 g/mol. The lowest BCUT2D eigenvalue weighted by atomic mass is 10.2. The van der Waals surface area contributed by atoms with E-state index in [1.807, 2.05) is 0 Å². The zero-order valence-corrected chi connectivity index (χ0v) is 13.0. The number of thiocarbonyl (C=S) groups is 1. The lowest BCUT2D eigenvalue weighted by Gasteiger charge is -2.14. The van der Waals surface area contributed by atoms with Crippen LogP contribution in [0.15, 0.2) is 24.5 Å². The van der Waals surface area contributed by atoms with Gasteiger partial charge in [0, 0.05) is 18.5 Å². The predicted octanol–water partition coefficient (Wildman–Crippen LogP) is 2.52. The highest BCUT2D eigenvalue weighted by Crippen LogP contribution is 2.37. The fourth-order valence-electron chi connectivity index (χ4n) is 1.70. The topological polar surface area (TPSA) is 82.3 Å². The van der Waals surface area contributed by atoms with E-state index in [-0.39, 0.29) is 4.99 Å². The van der Waals surface area contributed by atoms with Crippen molar-refractivity contribution in [2.75, 3.05) is 19.5 Å². The van der Waals surface area contributed by atoms with Gasteiger partial charge in [0.15, 0.2) is 5.82 Å². The van der Waals surface area contributed by atoms with Gasteiger partial charge in [-0.05, 0) is 6.07 Å². The summed E-state index contributed by atoms with van der Waals surface area (Å²) in [7, 11) is 3.07. The van der Waals surface area contributed by atoms with Crippen molar-refractivity contribution in [3.05, 3.63) is 35.2 Å². The highest BCUT2D eigenvalue weighted by atomic mass is 35.5. The second kappa shape index (κ2) is 6.55. The number of nitrogens with zero attached hydrogens (tertiary/aromatic N) is 2. The molecule has 6 nitrogen and oxygen atoms in total. The molecule has 1 aromatic heterocycles. The summed E-state index contributed by atoms with van der Waals surface area (Å²) in [5, 5.41) is 3.49. The summed E-state index contributed by atoms with van der Waals surface area (Å²) in [6.45, 7) is 0. The molecule has 0 aliphatic rings. The summed E-state index contributed by atoms with van der Waals surface area (Å²) in [6.07, 6.45) is 3.04. The van der Waals surface area contributed by atoms with Gasteiger partial charge in [-0.25, -0.2) is 9.97 Å². The van der Waals surface area contributed by atoms with Crippen LogP contribution in [0.2, 0.25) is 5.02 Å². The lowest BCUT2D eigenvalue weighted by Crippen LogP contribution is -2.15. The Kier molecular flexibility index (Phi) is 4.77. The third kappa shape index (κ3) is 3.32.